The average Bonchev–Trinajstić information content (AvgIpc) is 2.83. The van der Waals surface area contributed by atoms with Gasteiger partial charge in [0, 0.05) is 13.1 Å². The number of nitrogens with one attached hydrogen (secondary N) is 1. The normalized spacial score (nSPS) is 14.4. The number of carbonyl (C=O) groups excluding carboxylic acids is 3. The summed E-state index contributed by atoms with van der Waals surface area (Å²) >= 11 is 6.17. The van der Waals surface area contributed by atoms with Crippen LogP contribution in [0, 0.1) is 0 Å². The second-order valence-corrected chi connectivity index (χ2v) is 9.20. The van der Waals surface area contributed by atoms with Crippen LogP contribution < -0.4 is 5.32 Å². The maximum absolute atomic E-state index is 13.0. The second kappa shape index (κ2) is 10.3. The number of ether oxygens (including phenoxy) is 3. The maximum Gasteiger partial charge on any atom is 0.339 e. The van der Waals surface area contributed by atoms with Crippen LogP contribution in [0.3, 0.4) is 0 Å². The van der Waals surface area contributed by atoms with Gasteiger partial charge in [0.15, 0.2) is 0 Å². The molecule has 1 aliphatic rings. The Morgan fingerprint density at radius 1 is 0.970 bits per heavy atom. The van der Waals surface area contributed by atoms with Gasteiger partial charge < -0.3 is 19.5 Å². The van der Waals surface area contributed by atoms with E-state index < -0.39 is 27.9 Å². The SMILES string of the molecule is COC(=O)c1ccc(C(=O)OC)c(NC(=O)c2cc(S(=O)(=O)N3CCOCC3)ccc2Cl)c1. The van der Waals surface area contributed by atoms with Gasteiger partial charge in [-0.15, -0.1) is 0 Å². The van der Waals surface area contributed by atoms with Gasteiger partial charge in [-0.05, 0) is 36.4 Å². The largest absolute Gasteiger partial charge is 0.465 e. The summed E-state index contributed by atoms with van der Waals surface area (Å²) in [5.41, 5.74) is -0.112. The van der Waals surface area contributed by atoms with E-state index in [2.05, 4.69) is 10.1 Å². The van der Waals surface area contributed by atoms with Crippen LogP contribution in [-0.2, 0) is 24.2 Å². The molecule has 0 bridgehead atoms. The smallest absolute Gasteiger partial charge is 0.339 e. The number of halogens is 1. The van der Waals surface area contributed by atoms with Gasteiger partial charge in [0.1, 0.15) is 0 Å². The first-order chi connectivity index (χ1) is 15.7. The summed E-state index contributed by atoms with van der Waals surface area (Å²) in [5, 5.41) is 2.50. The van der Waals surface area contributed by atoms with Crippen molar-refractivity contribution in [1.82, 2.24) is 4.31 Å². The second-order valence-electron chi connectivity index (χ2n) is 6.86. The third kappa shape index (κ3) is 5.33. The molecule has 1 heterocycles. The fraction of sp³-hybridized carbons (Fsp3) is 0.286. The van der Waals surface area contributed by atoms with Gasteiger partial charge >= 0.3 is 11.9 Å². The number of rotatable bonds is 6. The van der Waals surface area contributed by atoms with Crippen molar-refractivity contribution < 1.29 is 37.0 Å². The summed E-state index contributed by atoms with van der Waals surface area (Å²) in [5.74, 6) is -2.22. The third-order valence-corrected chi connectivity index (χ3v) is 7.11. The van der Waals surface area contributed by atoms with Gasteiger partial charge in [-0.25, -0.2) is 18.0 Å². The zero-order valence-corrected chi connectivity index (χ0v) is 19.4. The Morgan fingerprint density at radius 3 is 2.27 bits per heavy atom. The Bertz CT molecular complexity index is 1190. The molecule has 0 unspecified atom stereocenters. The standard InChI is InChI=1S/C21H21ClN2O8S/c1-30-20(26)13-3-5-15(21(27)31-2)18(11-13)23-19(25)16-12-14(4-6-17(16)22)33(28,29)24-7-9-32-10-8-24/h3-6,11-12H,7-10H2,1-2H3,(H,23,25). The number of carbonyl (C=O) groups is 3. The van der Waals surface area contributed by atoms with Gasteiger partial charge in [0.05, 0.1) is 59.7 Å². The van der Waals surface area contributed by atoms with Crippen LogP contribution in [-0.4, -0.2) is 71.1 Å². The highest BCUT2D eigenvalue weighted by molar-refractivity contribution is 7.89. The molecule has 0 atom stereocenters. The predicted molar refractivity (Wildman–Crippen MR) is 118 cm³/mol. The van der Waals surface area contributed by atoms with Gasteiger partial charge in [-0.1, -0.05) is 11.6 Å². The Balaban J connectivity index is 1.97. The number of sulfonamides is 1. The van der Waals surface area contributed by atoms with Crippen LogP contribution in [0.2, 0.25) is 5.02 Å². The monoisotopic (exact) mass is 496 g/mol. The van der Waals surface area contributed by atoms with Gasteiger partial charge in [0.2, 0.25) is 10.0 Å². The summed E-state index contributed by atoms with van der Waals surface area (Å²) in [6.07, 6.45) is 0. The Kier molecular flexibility index (Phi) is 7.69. The molecule has 1 saturated heterocycles. The number of esters is 2. The van der Waals surface area contributed by atoms with E-state index in [1.54, 1.807) is 0 Å². The molecule has 0 radical (unpaired) electrons. The van der Waals surface area contributed by atoms with E-state index in [9.17, 15) is 22.8 Å². The fourth-order valence-electron chi connectivity index (χ4n) is 3.14. The number of amides is 1. The number of hydrogen-bond donors (Lipinski definition) is 1. The molecule has 2 aromatic rings. The van der Waals surface area contributed by atoms with E-state index in [1.807, 2.05) is 0 Å². The van der Waals surface area contributed by atoms with Crippen LogP contribution >= 0.6 is 11.6 Å². The number of benzene rings is 2. The molecule has 3 rings (SSSR count). The zero-order chi connectivity index (χ0) is 24.2. The maximum atomic E-state index is 13.0. The van der Waals surface area contributed by atoms with Crippen molar-refractivity contribution in [1.29, 1.82) is 0 Å². The molecule has 0 aromatic heterocycles. The van der Waals surface area contributed by atoms with E-state index in [1.165, 1.54) is 48.9 Å². The van der Waals surface area contributed by atoms with E-state index in [0.29, 0.717) is 0 Å². The van der Waals surface area contributed by atoms with Crippen molar-refractivity contribution in [3.05, 3.63) is 58.1 Å². The number of nitrogens with zero attached hydrogens (tertiary/aromatic N) is 1. The lowest BCUT2D eigenvalue weighted by molar-refractivity contribution is 0.0587. The minimum Gasteiger partial charge on any atom is -0.465 e. The molecule has 176 valence electrons. The Hall–Kier alpha value is -2.99. The van der Waals surface area contributed by atoms with E-state index in [-0.39, 0.29) is 58.6 Å². The van der Waals surface area contributed by atoms with E-state index in [4.69, 9.17) is 21.1 Å². The molecule has 0 saturated carbocycles. The quantitative estimate of drug-likeness (QED) is 0.602. The van der Waals surface area contributed by atoms with Crippen LogP contribution in [0.4, 0.5) is 5.69 Å². The number of morpholine rings is 1. The fourth-order valence-corrected chi connectivity index (χ4v) is 4.78. The summed E-state index contributed by atoms with van der Waals surface area (Å²) in [6.45, 7) is 0.921. The Labute approximate surface area is 195 Å². The first kappa shape index (κ1) is 24.6. The Morgan fingerprint density at radius 2 is 1.64 bits per heavy atom. The molecule has 1 aliphatic heterocycles. The lowest BCUT2D eigenvalue weighted by Gasteiger charge is -2.26. The first-order valence-electron chi connectivity index (χ1n) is 9.68. The molecule has 2 aromatic carbocycles. The summed E-state index contributed by atoms with van der Waals surface area (Å²) < 4.78 is 41.7. The topological polar surface area (TPSA) is 128 Å². The molecule has 1 N–H and O–H groups in total. The lowest BCUT2D eigenvalue weighted by atomic mass is 10.1. The molecular formula is C21H21ClN2O8S. The van der Waals surface area contributed by atoms with Crippen molar-refractivity contribution in [2.45, 2.75) is 4.90 Å². The highest BCUT2D eigenvalue weighted by Gasteiger charge is 2.28. The lowest BCUT2D eigenvalue weighted by Crippen LogP contribution is -2.40. The van der Waals surface area contributed by atoms with Gasteiger partial charge in [-0.3, -0.25) is 4.79 Å². The average molecular weight is 497 g/mol. The van der Waals surface area contributed by atoms with Crippen LogP contribution in [0.1, 0.15) is 31.1 Å². The molecule has 1 fully saturated rings. The van der Waals surface area contributed by atoms with E-state index in [0.717, 1.165) is 6.07 Å². The molecule has 0 aliphatic carbocycles. The summed E-state index contributed by atoms with van der Waals surface area (Å²) in [7, 11) is -1.52. The van der Waals surface area contributed by atoms with E-state index >= 15 is 0 Å². The minimum atomic E-state index is -3.88. The molecule has 10 nitrogen and oxygen atoms in total. The summed E-state index contributed by atoms with van der Waals surface area (Å²) in [6, 6.07) is 7.66. The highest BCUT2D eigenvalue weighted by Crippen LogP contribution is 2.26. The molecule has 12 heteroatoms. The van der Waals surface area contributed by atoms with Crippen LogP contribution in [0.15, 0.2) is 41.3 Å². The van der Waals surface area contributed by atoms with Crippen molar-refractivity contribution in [3.8, 4) is 0 Å². The predicted octanol–water partition coefficient (Wildman–Crippen LogP) is 2.19. The van der Waals surface area contributed by atoms with Crippen LogP contribution in [0.25, 0.3) is 0 Å². The zero-order valence-electron chi connectivity index (χ0n) is 17.8. The third-order valence-electron chi connectivity index (χ3n) is 4.88. The molecular weight excluding hydrogens is 476 g/mol. The highest BCUT2D eigenvalue weighted by atomic mass is 35.5. The minimum absolute atomic E-state index is 0.00262. The number of methoxy groups -OCH3 is 2. The number of hydrogen-bond acceptors (Lipinski definition) is 8. The molecule has 33 heavy (non-hydrogen) atoms. The van der Waals surface area contributed by atoms with Crippen molar-refractivity contribution in [2.75, 3.05) is 45.8 Å². The van der Waals surface area contributed by atoms with Crippen molar-refractivity contribution in [3.63, 3.8) is 0 Å². The van der Waals surface area contributed by atoms with Gasteiger partial charge in [0.25, 0.3) is 5.91 Å². The van der Waals surface area contributed by atoms with Crippen molar-refractivity contribution >= 4 is 45.2 Å². The summed E-state index contributed by atoms with van der Waals surface area (Å²) in [4.78, 5) is 36.9. The van der Waals surface area contributed by atoms with Crippen molar-refractivity contribution in [2.24, 2.45) is 0 Å². The first-order valence-corrected chi connectivity index (χ1v) is 11.5. The van der Waals surface area contributed by atoms with Gasteiger partial charge in [-0.2, -0.15) is 4.31 Å². The molecule has 1 amide bonds. The van der Waals surface area contributed by atoms with Crippen LogP contribution in [0.5, 0.6) is 0 Å². The number of anilines is 1. The molecule has 0 spiro atoms.